The lowest BCUT2D eigenvalue weighted by Gasteiger charge is -2.12. The summed E-state index contributed by atoms with van der Waals surface area (Å²) >= 11 is 0. The highest BCUT2D eigenvalue weighted by atomic mass is 16.5. The molecule has 0 aliphatic carbocycles. The second-order valence-electron chi connectivity index (χ2n) is 3.51. The topological polar surface area (TPSA) is 56.3 Å². The van der Waals surface area contributed by atoms with Crippen molar-refractivity contribution in [2.75, 3.05) is 20.3 Å². The van der Waals surface area contributed by atoms with Crippen LogP contribution in [0.25, 0.3) is 0 Å². The maximum Gasteiger partial charge on any atom is 0.232 e. The second kappa shape index (κ2) is 7.14. The van der Waals surface area contributed by atoms with E-state index in [4.69, 9.17) is 9.47 Å². The predicted molar refractivity (Wildman–Crippen MR) is 61.4 cm³/mol. The quantitative estimate of drug-likeness (QED) is 0.750. The first-order valence-corrected chi connectivity index (χ1v) is 5.43. The third-order valence-corrected chi connectivity index (χ3v) is 1.94. The molecule has 0 aliphatic rings. The van der Waals surface area contributed by atoms with Gasteiger partial charge in [-0.05, 0) is 13.5 Å². The molecular weight excluding hydrogens is 206 g/mol. The molecule has 0 saturated heterocycles. The second-order valence-corrected chi connectivity index (χ2v) is 3.51. The predicted octanol–water partition coefficient (Wildman–Crippen LogP) is 1.000. The molecule has 5 heteroatoms. The summed E-state index contributed by atoms with van der Waals surface area (Å²) in [7, 11) is 1.65. The van der Waals surface area contributed by atoms with Crippen molar-refractivity contribution in [3.05, 3.63) is 18.1 Å². The number of rotatable bonds is 7. The molecule has 0 amide bonds. The molecule has 5 nitrogen and oxygen atoms in total. The van der Waals surface area contributed by atoms with Crippen molar-refractivity contribution in [2.45, 2.75) is 26.5 Å². The highest BCUT2D eigenvalue weighted by Crippen LogP contribution is 2.07. The van der Waals surface area contributed by atoms with Gasteiger partial charge in [-0.3, -0.25) is 4.98 Å². The Morgan fingerprint density at radius 1 is 1.44 bits per heavy atom. The fourth-order valence-electron chi connectivity index (χ4n) is 1.26. The Morgan fingerprint density at radius 2 is 2.25 bits per heavy atom. The monoisotopic (exact) mass is 225 g/mol. The maximum absolute atomic E-state index is 5.55. The summed E-state index contributed by atoms with van der Waals surface area (Å²) in [6.45, 7) is 6.14. The number of hydrogen-bond acceptors (Lipinski definition) is 5. The minimum absolute atomic E-state index is 0.0197. The van der Waals surface area contributed by atoms with E-state index in [2.05, 4.69) is 22.2 Å². The molecule has 0 aliphatic heterocycles. The van der Waals surface area contributed by atoms with Crippen molar-refractivity contribution < 1.29 is 9.47 Å². The highest BCUT2D eigenvalue weighted by Gasteiger charge is 2.05. The molecule has 1 rings (SSSR count). The van der Waals surface area contributed by atoms with Gasteiger partial charge in [0.1, 0.15) is 6.10 Å². The van der Waals surface area contributed by atoms with Crippen LogP contribution < -0.4 is 10.1 Å². The van der Waals surface area contributed by atoms with Crippen molar-refractivity contribution in [1.29, 1.82) is 0 Å². The van der Waals surface area contributed by atoms with Crippen LogP contribution in [0.3, 0.4) is 0 Å². The minimum Gasteiger partial charge on any atom is -0.471 e. The first-order valence-electron chi connectivity index (χ1n) is 5.43. The first-order chi connectivity index (χ1) is 7.76. The molecule has 16 heavy (non-hydrogen) atoms. The van der Waals surface area contributed by atoms with E-state index in [1.807, 2.05) is 6.92 Å². The molecule has 1 heterocycles. The Kier molecular flexibility index (Phi) is 5.74. The summed E-state index contributed by atoms with van der Waals surface area (Å²) in [6, 6.07) is 0. The van der Waals surface area contributed by atoms with E-state index < -0.39 is 0 Å². The first kappa shape index (κ1) is 12.9. The van der Waals surface area contributed by atoms with Crippen molar-refractivity contribution in [2.24, 2.45) is 0 Å². The molecule has 0 aromatic carbocycles. The molecule has 0 spiro atoms. The molecule has 1 aromatic rings. The lowest BCUT2D eigenvalue weighted by Crippen LogP contribution is -2.19. The van der Waals surface area contributed by atoms with Crippen LogP contribution in [0.5, 0.6) is 5.88 Å². The van der Waals surface area contributed by atoms with Crippen molar-refractivity contribution in [3.63, 3.8) is 0 Å². The number of aromatic nitrogens is 2. The normalized spacial score (nSPS) is 12.4. The lowest BCUT2D eigenvalue weighted by molar-refractivity contribution is 0.0885. The molecule has 1 N–H and O–H groups in total. The molecule has 1 unspecified atom stereocenters. The zero-order chi connectivity index (χ0) is 11.8. The maximum atomic E-state index is 5.55. The van der Waals surface area contributed by atoms with Crippen LogP contribution in [0.4, 0.5) is 0 Å². The van der Waals surface area contributed by atoms with Gasteiger partial charge in [0.05, 0.1) is 18.5 Å². The summed E-state index contributed by atoms with van der Waals surface area (Å²) in [5.74, 6) is 0.542. The van der Waals surface area contributed by atoms with Crippen LogP contribution >= 0.6 is 0 Å². The van der Waals surface area contributed by atoms with Crippen LogP contribution in [0.15, 0.2) is 12.4 Å². The molecule has 90 valence electrons. The number of methoxy groups -OCH3 is 1. The van der Waals surface area contributed by atoms with Gasteiger partial charge < -0.3 is 14.8 Å². The Balaban J connectivity index is 2.52. The van der Waals surface area contributed by atoms with Crippen LogP contribution in [-0.2, 0) is 11.3 Å². The molecule has 1 aromatic heterocycles. The Morgan fingerprint density at radius 3 is 2.94 bits per heavy atom. The van der Waals surface area contributed by atoms with Gasteiger partial charge in [0, 0.05) is 19.9 Å². The van der Waals surface area contributed by atoms with E-state index in [1.54, 1.807) is 19.5 Å². The van der Waals surface area contributed by atoms with E-state index in [0.717, 1.165) is 12.2 Å². The smallest absolute Gasteiger partial charge is 0.232 e. The van der Waals surface area contributed by atoms with Gasteiger partial charge in [-0.2, -0.15) is 0 Å². The highest BCUT2D eigenvalue weighted by molar-refractivity contribution is 5.08. The average Bonchev–Trinajstić information content (AvgIpc) is 2.27. The molecular formula is C11H19N3O2. The van der Waals surface area contributed by atoms with Gasteiger partial charge in [0.15, 0.2) is 0 Å². The molecule has 1 atom stereocenters. The van der Waals surface area contributed by atoms with Gasteiger partial charge in [0.25, 0.3) is 0 Å². The molecule has 0 fully saturated rings. The van der Waals surface area contributed by atoms with Gasteiger partial charge in [0.2, 0.25) is 5.88 Å². The summed E-state index contributed by atoms with van der Waals surface area (Å²) in [4.78, 5) is 8.41. The van der Waals surface area contributed by atoms with E-state index >= 15 is 0 Å². The van der Waals surface area contributed by atoms with Crippen molar-refractivity contribution >= 4 is 0 Å². The average molecular weight is 225 g/mol. The van der Waals surface area contributed by atoms with E-state index in [0.29, 0.717) is 19.0 Å². The fourth-order valence-corrected chi connectivity index (χ4v) is 1.26. The van der Waals surface area contributed by atoms with Crippen LogP contribution in [0, 0.1) is 0 Å². The third kappa shape index (κ3) is 4.55. The summed E-state index contributed by atoms with van der Waals surface area (Å²) in [5.41, 5.74) is 0.879. The fraction of sp³-hybridized carbons (Fsp3) is 0.636. The summed E-state index contributed by atoms with van der Waals surface area (Å²) in [6.07, 6.45) is 3.33. The largest absolute Gasteiger partial charge is 0.471 e. The standard InChI is InChI=1S/C11H19N3O2/c1-4-12-5-10-6-13-7-11(14-10)16-9(2)8-15-3/h6-7,9,12H,4-5,8H2,1-3H3. The summed E-state index contributed by atoms with van der Waals surface area (Å²) < 4.78 is 10.5. The number of nitrogens with zero attached hydrogens (tertiary/aromatic N) is 2. The van der Waals surface area contributed by atoms with Gasteiger partial charge in [-0.1, -0.05) is 6.92 Å². The van der Waals surface area contributed by atoms with Gasteiger partial charge in [-0.25, -0.2) is 4.98 Å². The van der Waals surface area contributed by atoms with Crippen LogP contribution in [-0.4, -0.2) is 36.3 Å². The Bertz CT molecular complexity index is 307. The molecule has 0 bridgehead atoms. The van der Waals surface area contributed by atoms with Crippen molar-refractivity contribution in [3.8, 4) is 5.88 Å². The van der Waals surface area contributed by atoms with Crippen LogP contribution in [0.1, 0.15) is 19.5 Å². The Hall–Kier alpha value is -1.20. The summed E-state index contributed by atoms with van der Waals surface area (Å²) in [5, 5.41) is 3.19. The third-order valence-electron chi connectivity index (χ3n) is 1.94. The zero-order valence-corrected chi connectivity index (χ0v) is 10.1. The lowest BCUT2D eigenvalue weighted by atomic mass is 10.4. The van der Waals surface area contributed by atoms with E-state index in [9.17, 15) is 0 Å². The minimum atomic E-state index is -0.0197. The zero-order valence-electron chi connectivity index (χ0n) is 10.1. The SMILES string of the molecule is CCNCc1cncc(OC(C)COC)n1. The number of nitrogens with one attached hydrogen (secondary N) is 1. The molecule has 0 saturated carbocycles. The molecule has 0 radical (unpaired) electrons. The van der Waals surface area contributed by atoms with Crippen LogP contribution in [0.2, 0.25) is 0 Å². The number of ether oxygens (including phenoxy) is 2. The van der Waals surface area contributed by atoms with Gasteiger partial charge >= 0.3 is 0 Å². The number of hydrogen-bond donors (Lipinski definition) is 1. The van der Waals surface area contributed by atoms with Crippen molar-refractivity contribution in [1.82, 2.24) is 15.3 Å². The van der Waals surface area contributed by atoms with E-state index in [-0.39, 0.29) is 6.10 Å². The van der Waals surface area contributed by atoms with E-state index in [1.165, 1.54) is 0 Å². The Labute approximate surface area is 96.2 Å². The van der Waals surface area contributed by atoms with Gasteiger partial charge in [-0.15, -0.1) is 0 Å².